The molecule has 3 heteroatoms. The van der Waals surface area contributed by atoms with Gasteiger partial charge in [0, 0.05) is 21.7 Å². The third kappa shape index (κ3) is 8.18. The Labute approximate surface area is 133 Å². The minimum absolute atomic E-state index is 0.609. The lowest BCUT2D eigenvalue weighted by Crippen LogP contribution is -2.32. The van der Waals surface area contributed by atoms with Gasteiger partial charge in [-0.05, 0) is 43.5 Å². The van der Waals surface area contributed by atoms with Gasteiger partial charge in [-0.2, -0.15) is 0 Å². The van der Waals surface area contributed by atoms with Crippen molar-refractivity contribution in [1.82, 2.24) is 5.32 Å². The van der Waals surface area contributed by atoms with Crippen LogP contribution in [0.15, 0.2) is 29.2 Å². The molecule has 0 spiro atoms. The van der Waals surface area contributed by atoms with Gasteiger partial charge in [0.15, 0.2) is 0 Å². The van der Waals surface area contributed by atoms with E-state index in [2.05, 4.69) is 38.2 Å². The van der Waals surface area contributed by atoms with E-state index in [0.29, 0.717) is 6.04 Å². The van der Waals surface area contributed by atoms with Crippen LogP contribution in [0, 0.1) is 5.92 Å². The Morgan fingerprint density at radius 3 is 2.70 bits per heavy atom. The van der Waals surface area contributed by atoms with Crippen molar-refractivity contribution in [2.45, 2.75) is 57.4 Å². The van der Waals surface area contributed by atoms with Crippen molar-refractivity contribution in [3.8, 4) is 0 Å². The average Bonchev–Trinajstić information content (AvgIpc) is 2.41. The normalized spacial score (nSPS) is 12.8. The molecule has 0 bridgehead atoms. The van der Waals surface area contributed by atoms with E-state index in [1.54, 1.807) is 0 Å². The van der Waals surface area contributed by atoms with Crippen LogP contribution in [-0.2, 0) is 0 Å². The SMILES string of the molecule is CCCNC(CCCC(C)C)CSc1cccc(Cl)c1. The first-order valence-corrected chi connectivity index (χ1v) is 9.10. The highest BCUT2D eigenvalue weighted by molar-refractivity contribution is 7.99. The van der Waals surface area contributed by atoms with Crippen LogP contribution in [0.1, 0.15) is 46.5 Å². The average molecular weight is 314 g/mol. The van der Waals surface area contributed by atoms with Crippen molar-refractivity contribution < 1.29 is 0 Å². The van der Waals surface area contributed by atoms with Gasteiger partial charge in [0.1, 0.15) is 0 Å². The highest BCUT2D eigenvalue weighted by Crippen LogP contribution is 2.23. The van der Waals surface area contributed by atoms with Crippen LogP contribution in [0.25, 0.3) is 0 Å². The van der Waals surface area contributed by atoms with Crippen LogP contribution in [0.2, 0.25) is 5.02 Å². The topological polar surface area (TPSA) is 12.0 Å². The van der Waals surface area contributed by atoms with Crippen molar-refractivity contribution in [2.24, 2.45) is 5.92 Å². The Morgan fingerprint density at radius 2 is 2.05 bits per heavy atom. The van der Waals surface area contributed by atoms with Crippen LogP contribution in [-0.4, -0.2) is 18.3 Å². The zero-order chi connectivity index (χ0) is 14.8. The molecule has 0 aliphatic rings. The molecule has 0 aliphatic carbocycles. The summed E-state index contributed by atoms with van der Waals surface area (Å²) in [5.74, 6) is 1.93. The molecule has 0 aliphatic heterocycles. The number of thioether (sulfide) groups is 1. The summed E-state index contributed by atoms with van der Waals surface area (Å²) in [7, 11) is 0. The molecule has 1 aromatic rings. The lowest BCUT2D eigenvalue weighted by Gasteiger charge is -2.18. The summed E-state index contributed by atoms with van der Waals surface area (Å²) in [6.07, 6.45) is 5.11. The fourth-order valence-corrected chi connectivity index (χ4v) is 3.44. The molecule has 1 rings (SSSR count). The lowest BCUT2D eigenvalue weighted by atomic mass is 10.0. The summed E-state index contributed by atoms with van der Waals surface area (Å²) < 4.78 is 0. The minimum atomic E-state index is 0.609. The van der Waals surface area contributed by atoms with Crippen LogP contribution in [0.4, 0.5) is 0 Å². The molecule has 0 heterocycles. The summed E-state index contributed by atoms with van der Waals surface area (Å²) in [6.45, 7) is 7.94. The Hall–Kier alpha value is -0.180. The van der Waals surface area contributed by atoms with E-state index in [9.17, 15) is 0 Å². The molecule has 0 fully saturated rings. The summed E-state index contributed by atoms with van der Waals surface area (Å²) in [5.41, 5.74) is 0. The van der Waals surface area contributed by atoms with Crippen LogP contribution < -0.4 is 5.32 Å². The maximum Gasteiger partial charge on any atom is 0.0417 e. The predicted molar refractivity (Wildman–Crippen MR) is 92.9 cm³/mol. The molecule has 20 heavy (non-hydrogen) atoms. The van der Waals surface area contributed by atoms with Crippen LogP contribution in [0.5, 0.6) is 0 Å². The van der Waals surface area contributed by atoms with Crippen molar-refractivity contribution in [1.29, 1.82) is 0 Å². The minimum Gasteiger partial charge on any atom is -0.313 e. The van der Waals surface area contributed by atoms with Gasteiger partial charge >= 0.3 is 0 Å². The predicted octanol–water partition coefficient (Wildman–Crippen LogP) is 5.63. The van der Waals surface area contributed by atoms with Gasteiger partial charge in [0.25, 0.3) is 0 Å². The molecule has 1 nitrogen and oxygen atoms in total. The summed E-state index contributed by atoms with van der Waals surface area (Å²) >= 11 is 7.94. The number of rotatable bonds is 10. The van der Waals surface area contributed by atoms with E-state index < -0.39 is 0 Å². The fraction of sp³-hybridized carbons (Fsp3) is 0.647. The molecular weight excluding hydrogens is 286 g/mol. The smallest absolute Gasteiger partial charge is 0.0417 e. The number of halogens is 1. The second-order valence-electron chi connectivity index (χ2n) is 5.74. The van der Waals surface area contributed by atoms with Crippen LogP contribution in [0.3, 0.4) is 0 Å². The van der Waals surface area contributed by atoms with Gasteiger partial charge in [0.2, 0.25) is 0 Å². The van der Waals surface area contributed by atoms with E-state index in [1.807, 2.05) is 23.9 Å². The summed E-state index contributed by atoms with van der Waals surface area (Å²) in [5, 5.41) is 4.50. The Kier molecular flexibility index (Phi) is 9.41. The lowest BCUT2D eigenvalue weighted by molar-refractivity contribution is 0.462. The van der Waals surface area contributed by atoms with Gasteiger partial charge in [-0.1, -0.05) is 51.3 Å². The number of nitrogens with one attached hydrogen (secondary N) is 1. The fourth-order valence-electron chi connectivity index (χ4n) is 2.12. The molecular formula is C17H28ClNS. The molecule has 1 unspecified atom stereocenters. The highest BCUT2D eigenvalue weighted by Gasteiger charge is 2.09. The molecule has 0 radical (unpaired) electrons. The first kappa shape index (κ1) is 17.9. The van der Waals surface area contributed by atoms with Crippen molar-refractivity contribution in [3.63, 3.8) is 0 Å². The maximum atomic E-state index is 6.03. The van der Waals surface area contributed by atoms with Gasteiger partial charge in [-0.25, -0.2) is 0 Å². The second-order valence-corrected chi connectivity index (χ2v) is 7.27. The first-order chi connectivity index (χ1) is 9.61. The van der Waals surface area contributed by atoms with E-state index in [4.69, 9.17) is 11.6 Å². The number of hydrogen-bond donors (Lipinski definition) is 1. The highest BCUT2D eigenvalue weighted by atomic mass is 35.5. The zero-order valence-electron chi connectivity index (χ0n) is 13.0. The third-order valence-corrected chi connectivity index (χ3v) is 4.66. The quantitative estimate of drug-likeness (QED) is 0.562. The number of hydrogen-bond acceptors (Lipinski definition) is 2. The first-order valence-electron chi connectivity index (χ1n) is 7.73. The Morgan fingerprint density at radius 1 is 1.25 bits per heavy atom. The summed E-state index contributed by atoms with van der Waals surface area (Å²) in [4.78, 5) is 1.27. The zero-order valence-corrected chi connectivity index (χ0v) is 14.6. The molecule has 0 amide bonds. The Bertz CT molecular complexity index is 368. The van der Waals surface area contributed by atoms with E-state index in [1.165, 1.54) is 30.6 Å². The van der Waals surface area contributed by atoms with Gasteiger partial charge < -0.3 is 5.32 Å². The van der Waals surface area contributed by atoms with E-state index >= 15 is 0 Å². The van der Waals surface area contributed by atoms with Gasteiger partial charge in [-0.15, -0.1) is 11.8 Å². The standard InChI is InChI=1S/C17H28ClNS/c1-4-11-19-16(9-5-7-14(2)3)13-20-17-10-6-8-15(18)12-17/h6,8,10,12,14,16,19H,4-5,7,9,11,13H2,1-3H3. The number of benzene rings is 1. The molecule has 0 saturated heterocycles. The van der Waals surface area contributed by atoms with Gasteiger partial charge in [0.05, 0.1) is 0 Å². The molecule has 1 N–H and O–H groups in total. The van der Waals surface area contributed by atoms with Gasteiger partial charge in [-0.3, -0.25) is 0 Å². The van der Waals surface area contributed by atoms with Crippen LogP contribution >= 0.6 is 23.4 Å². The molecule has 0 saturated carbocycles. The molecule has 0 aromatic heterocycles. The van der Waals surface area contributed by atoms with E-state index in [-0.39, 0.29) is 0 Å². The van der Waals surface area contributed by atoms with Crippen molar-refractivity contribution >= 4 is 23.4 Å². The third-order valence-electron chi connectivity index (χ3n) is 3.26. The Balaban J connectivity index is 2.38. The largest absolute Gasteiger partial charge is 0.313 e. The van der Waals surface area contributed by atoms with Crippen molar-refractivity contribution in [3.05, 3.63) is 29.3 Å². The molecule has 1 aromatic carbocycles. The molecule has 114 valence electrons. The summed E-state index contributed by atoms with van der Waals surface area (Å²) in [6, 6.07) is 8.76. The monoisotopic (exact) mass is 313 g/mol. The second kappa shape index (κ2) is 10.5. The van der Waals surface area contributed by atoms with Crippen molar-refractivity contribution in [2.75, 3.05) is 12.3 Å². The maximum absolute atomic E-state index is 6.03. The molecule has 1 atom stereocenters. The van der Waals surface area contributed by atoms with E-state index in [0.717, 1.165) is 23.2 Å².